The average Bonchev–Trinajstić information content (AvgIpc) is 3.15. The first kappa shape index (κ1) is 16.0. The molecular formula is C19H19N3O2. The number of benzene rings is 2. The van der Waals surface area contributed by atoms with E-state index in [1.165, 1.54) is 0 Å². The van der Waals surface area contributed by atoms with Crippen LogP contribution in [-0.2, 0) is 6.42 Å². The SMILES string of the molecule is O=C(NCC(O)Cc1ccccc1)c1cccc(-n2cccn2)c1. The van der Waals surface area contributed by atoms with Crippen molar-refractivity contribution in [3.8, 4) is 5.69 Å². The Morgan fingerprint density at radius 3 is 2.71 bits per heavy atom. The maximum Gasteiger partial charge on any atom is 0.251 e. The summed E-state index contributed by atoms with van der Waals surface area (Å²) in [5.41, 5.74) is 2.40. The van der Waals surface area contributed by atoms with E-state index in [-0.39, 0.29) is 12.5 Å². The highest BCUT2D eigenvalue weighted by Crippen LogP contribution is 2.10. The fraction of sp³-hybridized carbons (Fsp3) is 0.158. The number of aromatic nitrogens is 2. The van der Waals surface area contributed by atoms with Crippen molar-refractivity contribution in [3.63, 3.8) is 0 Å². The van der Waals surface area contributed by atoms with Crippen molar-refractivity contribution >= 4 is 5.91 Å². The van der Waals surface area contributed by atoms with Crippen molar-refractivity contribution in [2.45, 2.75) is 12.5 Å². The standard InChI is InChI=1S/C19H19N3O2/c23-18(12-15-6-2-1-3-7-15)14-20-19(24)16-8-4-9-17(13-16)22-11-5-10-21-22/h1-11,13,18,23H,12,14H2,(H,20,24). The van der Waals surface area contributed by atoms with Crippen LogP contribution in [0.25, 0.3) is 5.69 Å². The topological polar surface area (TPSA) is 67.2 Å². The molecule has 2 aromatic carbocycles. The number of hydrogen-bond donors (Lipinski definition) is 2. The number of aliphatic hydroxyl groups is 1. The molecule has 0 saturated heterocycles. The Labute approximate surface area is 140 Å². The lowest BCUT2D eigenvalue weighted by molar-refractivity contribution is 0.0916. The van der Waals surface area contributed by atoms with Gasteiger partial charge in [0, 0.05) is 30.9 Å². The molecule has 1 aromatic heterocycles. The average molecular weight is 321 g/mol. The zero-order chi connectivity index (χ0) is 16.8. The summed E-state index contributed by atoms with van der Waals surface area (Å²) in [5, 5.41) is 17.0. The van der Waals surface area contributed by atoms with E-state index < -0.39 is 6.10 Å². The maximum absolute atomic E-state index is 12.3. The molecule has 0 bridgehead atoms. The number of nitrogens with zero attached hydrogens (tertiary/aromatic N) is 2. The highest BCUT2D eigenvalue weighted by molar-refractivity contribution is 5.94. The molecule has 0 radical (unpaired) electrons. The van der Waals surface area contributed by atoms with Crippen LogP contribution in [0.2, 0.25) is 0 Å². The summed E-state index contributed by atoms with van der Waals surface area (Å²) in [4.78, 5) is 12.3. The van der Waals surface area contributed by atoms with E-state index in [9.17, 15) is 9.90 Å². The number of nitrogens with one attached hydrogen (secondary N) is 1. The number of rotatable bonds is 6. The minimum absolute atomic E-state index is 0.208. The first-order chi connectivity index (χ1) is 11.7. The van der Waals surface area contributed by atoms with Crippen LogP contribution in [0, 0.1) is 0 Å². The Morgan fingerprint density at radius 2 is 1.96 bits per heavy atom. The molecule has 0 aliphatic carbocycles. The second-order valence-corrected chi connectivity index (χ2v) is 5.55. The van der Waals surface area contributed by atoms with Crippen LogP contribution in [0.4, 0.5) is 0 Å². The third-order valence-corrected chi connectivity index (χ3v) is 3.69. The molecule has 1 heterocycles. The smallest absolute Gasteiger partial charge is 0.251 e. The molecule has 5 nitrogen and oxygen atoms in total. The molecule has 0 fully saturated rings. The van der Waals surface area contributed by atoms with Gasteiger partial charge in [-0.25, -0.2) is 4.68 Å². The van der Waals surface area contributed by atoms with Gasteiger partial charge in [0.25, 0.3) is 5.91 Å². The molecule has 2 N–H and O–H groups in total. The normalized spacial score (nSPS) is 11.9. The predicted molar refractivity (Wildman–Crippen MR) is 92.1 cm³/mol. The molecule has 3 aromatic rings. The van der Waals surface area contributed by atoms with Crippen molar-refractivity contribution < 1.29 is 9.90 Å². The van der Waals surface area contributed by atoms with E-state index in [0.717, 1.165) is 11.3 Å². The van der Waals surface area contributed by atoms with Crippen molar-refractivity contribution in [1.29, 1.82) is 0 Å². The van der Waals surface area contributed by atoms with Crippen LogP contribution in [0.5, 0.6) is 0 Å². The quantitative estimate of drug-likeness (QED) is 0.731. The van der Waals surface area contributed by atoms with Gasteiger partial charge < -0.3 is 10.4 Å². The van der Waals surface area contributed by atoms with Gasteiger partial charge in [-0.1, -0.05) is 36.4 Å². The molecular weight excluding hydrogens is 302 g/mol. The molecule has 0 spiro atoms. The minimum atomic E-state index is -0.620. The summed E-state index contributed by atoms with van der Waals surface area (Å²) in [7, 11) is 0. The molecule has 5 heteroatoms. The van der Waals surface area contributed by atoms with Gasteiger partial charge in [-0.05, 0) is 29.8 Å². The van der Waals surface area contributed by atoms with E-state index in [2.05, 4.69) is 10.4 Å². The van der Waals surface area contributed by atoms with Crippen LogP contribution < -0.4 is 5.32 Å². The van der Waals surface area contributed by atoms with Crippen molar-refractivity contribution in [3.05, 3.63) is 84.2 Å². The molecule has 122 valence electrons. The largest absolute Gasteiger partial charge is 0.391 e. The molecule has 0 aliphatic rings. The third kappa shape index (κ3) is 4.08. The van der Waals surface area contributed by atoms with Crippen molar-refractivity contribution in [1.82, 2.24) is 15.1 Å². The zero-order valence-corrected chi connectivity index (χ0v) is 13.2. The van der Waals surface area contributed by atoms with Gasteiger partial charge in [-0.2, -0.15) is 5.10 Å². The highest BCUT2D eigenvalue weighted by atomic mass is 16.3. The monoisotopic (exact) mass is 321 g/mol. The first-order valence-electron chi connectivity index (χ1n) is 7.82. The fourth-order valence-electron chi connectivity index (χ4n) is 2.48. The molecule has 0 saturated carbocycles. The zero-order valence-electron chi connectivity index (χ0n) is 13.2. The van der Waals surface area contributed by atoms with Crippen LogP contribution in [-0.4, -0.2) is 33.4 Å². The van der Waals surface area contributed by atoms with Gasteiger partial charge in [0.1, 0.15) is 0 Å². The summed E-state index contributed by atoms with van der Waals surface area (Å²) in [5.74, 6) is -0.212. The van der Waals surface area contributed by atoms with Crippen LogP contribution >= 0.6 is 0 Å². The molecule has 1 unspecified atom stereocenters. The van der Waals surface area contributed by atoms with E-state index in [1.807, 2.05) is 54.7 Å². The van der Waals surface area contributed by atoms with Crippen molar-refractivity contribution in [2.24, 2.45) is 0 Å². The van der Waals surface area contributed by atoms with Gasteiger partial charge in [0.15, 0.2) is 0 Å². The lowest BCUT2D eigenvalue weighted by Gasteiger charge is -2.12. The Bertz CT molecular complexity index is 785. The number of aliphatic hydroxyl groups excluding tert-OH is 1. The second kappa shape index (κ2) is 7.57. The summed E-state index contributed by atoms with van der Waals surface area (Å²) in [6, 6.07) is 18.7. The molecule has 1 amide bonds. The number of carbonyl (C=O) groups is 1. The number of hydrogen-bond acceptors (Lipinski definition) is 3. The van der Waals surface area contributed by atoms with E-state index in [0.29, 0.717) is 12.0 Å². The van der Waals surface area contributed by atoms with E-state index in [4.69, 9.17) is 0 Å². The Balaban J connectivity index is 1.58. The molecule has 3 rings (SSSR count). The highest BCUT2D eigenvalue weighted by Gasteiger charge is 2.10. The Kier molecular flexibility index (Phi) is 5.03. The number of carbonyl (C=O) groups excluding carboxylic acids is 1. The third-order valence-electron chi connectivity index (χ3n) is 3.69. The first-order valence-corrected chi connectivity index (χ1v) is 7.82. The lowest BCUT2D eigenvalue weighted by atomic mass is 10.1. The van der Waals surface area contributed by atoms with Crippen molar-refractivity contribution in [2.75, 3.05) is 6.54 Å². The van der Waals surface area contributed by atoms with Gasteiger partial charge in [-0.3, -0.25) is 4.79 Å². The predicted octanol–water partition coefficient (Wildman–Crippen LogP) is 2.21. The fourth-order valence-corrected chi connectivity index (χ4v) is 2.48. The van der Waals surface area contributed by atoms with Gasteiger partial charge in [0.05, 0.1) is 11.8 Å². The van der Waals surface area contributed by atoms with Crippen LogP contribution in [0.3, 0.4) is 0 Å². The molecule has 0 aliphatic heterocycles. The second-order valence-electron chi connectivity index (χ2n) is 5.55. The van der Waals surface area contributed by atoms with E-state index >= 15 is 0 Å². The number of amides is 1. The lowest BCUT2D eigenvalue weighted by Crippen LogP contribution is -2.33. The summed E-state index contributed by atoms with van der Waals surface area (Å²) in [6.07, 6.45) is 3.40. The minimum Gasteiger partial charge on any atom is -0.391 e. The molecule has 24 heavy (non-hydrogen) atoms. The van der Waals surface area contributed by atoms with Gasteiger partial charge in [0.2, 0.25) is 0 Å². The van der Waals surface area contributed by atoms with Gasteiger partial charge in [-0.15, -0.1) is 0 Å². The molecule has 1 atom stereocenters. The maximum atomic E-state index is 12.3. The van der Waals surface area contributed by atoms with Crippen LogP contribution in [0.15, 0.2) is 73.1 Å². The summed E-state index contributed by atoms with van der Waals surface area (Å²) >= 11 is 0. The Hall–Kier alpha value is -2.92. The van der Waals surface area contributed by atoms with Gasteiger partial charge >= 0.3 is 0 Å². The van der Waals surface area contributed by atoms with Crippen LogP contribution in [0.1, 0.15) is 15.9 Å². The summed E-state index contributed by atoms with van der Waals surface area (Å²) < 4.78 is 1.70. The Morgan fingerprint density at radius 1 is 1.12 bits per heavy atom. The summed E-state index contributed by atoms with van der Waals surface area (Å²) in [6.45, 7) is 0.208. The van der Waals surface area contributed by atoms with E-state index in [1.54, 1.807) is 23.0 Å².